The Labute approximate surface area is 193 Å². The van der Waals surface area contributed by atoms with Crippen molar-refractivity contribution < 1.29 is 26.6 Å². The Kier molecular flexibility index (Phi) is 19.3. The van der Waals surface area contributed by atoms with Crippen LogP contribution in [0.15, 0.2) is 0 Å². The Morgan fingerprint density at radius 2 is 0.871 bits per heavy atom. The van der Waals surface area contributed by atoms with Gasteiger partial charge in [0.15, 0.2) is 0 Å². The molecule has 0 spiro atoms. The van der Waals surface area contributed by atoms with Gasteiger partial charge in [0.05, 0.1) is 5.33 Å². The molecule has 0 aromatic heterocycles. The highest BCUT2D eigenvalue weighted by atomic mass is 28.4. The normalized spacial score (nSPS) is 12.5. The summed E-state index contributed by atoms with van der Waals surface area (Å²) in [6.45, 7) is 15.2. The van der Waals surface area contributed by atoms with E-state index in [0.717, 1.165) is 25.3 Å². The predicted molar refractivity (Wildman–Crippen MR) is 131 cm³/mol. The van der Waals surface area contributed by atoms with Crippen LogP contribution in [-0.4, -0.2) is 62.6 Å². The minimum absolute atomic E-state index is 0.509. The lowest BCUT2D eigenvalue weighted by atomic mass is 10.1. The Bertz CT molecular complexity index is 408. The van der Waals surface area contributed by atoms with Crippen LogP contribution in [0, 0.1) is 5.41 Å². The van der Waals surface area contributed by atoms with Gasteiger partial charge in [0.2, 0.25) is 0 Å². The van der Waals surface area contributed by atoms with E-state index in [1.54, 1.807) is 0 Å². The molecule has 0 saturated carbocycles. The second-order valence-corrected chi connectivity index (χ2v) is 12.6. The van der Waals surface area contributed by atoms with Crippen LogP contribution in [0.1, 0.15) is 92.9 Å². The summed E-state index contributed by atoms with van der Waals surface area (Å²) in [5, 5.41) is 9.01. The molecule has 0 aromatic rings. The van der Waals surface area contributed by atoms with Gasteiger partial charge in [-0.15, -0.1) is 0 Å². The fraction of sp³-hybridized carbons (Fsp3) is 0.955. The van der Waals surface area contributed by atoms with Crippen LogP contribution >= 0.6 is 0 Å². The van der Waals surface area contributed by atoms with E-state index in [2.05, 4.69) is 0 Å². The molecule has 0 fully saturated rings. The zero-order chi connectivity index (χ0) is 23.4. The lowest BCUT2D eigenvalue weighted by Crippen LogP contribution is -2.53. The zero-order valence-corrected chi connectivity index (χ0v) is 23.1. The summed E-state index contributed by atoms with van der Waals surface area (Å²) in [4.78, 5) is 0. The maximum Gasteiger partial charge on any atom is 0.551 e. The van der Waals surface area contributed by atoms with Crippen molar-refractivity contribution in [3.63, 3.8) is 0 Å². The van der Waals surface area contributed by atoms with Gasteiger partial charge >= 0.3 is 17.6 Å². The fourth-order valence-corrected chi connectivity index (χ4v) is 8.72. The average molecular weight is 480 g/mol. The maximum absolute atomic E-state index is 8.49. The Morgan fingerprint density at radius 1 is 0.516 bits per heavy atom. The van der Waals surface area contributed by atoms with Crippen molar-refractivity contribution in [1.82, 2.24) is 0 Å². The summed E-state index contributed by atoms with van der Waals surface area (Å²) >= 11 is 0. The van der Waals surface area contributed by atoms with Crippen LogP contribution in [0.2, 0.25) is 6.04 Å². The van der Waals surface area contributed by atoms with Crippen LogP contribution < -0.4 is 0 Å². The molecule has 0 radical (unpaired) electrons. The third-order valence-corrected chi connectivity index (χ3v) is 11.0. The van der Waals surface area contributed by atoms with Crippen LogP contribution in [0.3, 0.4) is 0 Å². The molecule has 31 heavy (non-hydrogen) atoms. The first-order valence-electron chi connectivity index (χ1n) is 12.4. The van der Waals surface area contributed by atoms with Gasteiger partial charge in [0.1, 0.15) is 0 Å². The van der Waals surface area contributed by atoms with E-state index in [-0.39, 0.29) is 0 Å². The van der Waals surface area contributed by atoms with Crippen molar-refractivity contribution in [3.8, 4) is 0 Å². The van der Waals surface area contributed by atoms with Crippen molar-refractivity contribution >= 4 is 22.9 Å². The van der Waals surface area contributed by atoms with Gasteiger partial charge in [0.25, 0.3) is 0 Å². The molecule has 0 rings (SSSR count). The van der Waals surface area contributed by atoms with Crippen molar-refractivity contribution in [3.05, 3.63) is 0 Å². The average Bonchev–Trinajstić information content (AvgIpc) is 2.73. The summed E-state index contributed by atoms with van der Waals surface area (Å²) in [7, 11) is -5.46. The summed E-state index contributed by atoms with van der Waals surface area (Å²) in [6.07, 6.45) is 8.66. The molecule has 0 aromatic carbocycles. The van der Waals surface area contributed by atoms with E-state index < -0.39 is 17.6 Å². The largest absolute Gasteiger partial charge is 0.551 e. The fourth-order valence-electron chi connectivity index (χ4n) is 3.64. The predicted octanol–water partition coefficient (Wildman–Crippen LogP) is 5.76. The first-order chi connectivity index (χ1) is 15.0. The van der Waals surface area contributed by atoms with Crippen molar-refractivity contribution in [1.29, 1.82) is 5.41 Å². The van der Waals surface area contributed by atoms with E-state index in [4.69, 9.17) is 32.0 Å². The molecule has 1 N–H and O–H groups in total. The van der Waals surface area contributed by atoms with E-state index in [1.165, 1.54) is 25.7 Å². The Hall–Kier alpha value is -0.136. The second-order valence-electron chi connectivity index (χ2n) is 7.29. The molecule has 0 aliphatic carbocycles. The minimum Gasteiger partial charge on any atom is -0.374 e. The summed E-state index contributed by atoms with van der Waals surface area (Å²) in [5.74, 6) is 0. The van der Waals surface area contributed by atoms with E-state index in [1.807, 2.05) is 41.5 Å². The highest BCUT2D eigenvalue weighted by Crippen LogP contribution is 2.21. The molecule has 0 unspecified atom stereocenters. The number of nitrogens with one attached hydrogen (secondary N) is 1. The molecule has 0 heterocycles. The van der Waals surface area contributed by atoms with Gasteiger partial charge in [-0.1, -0.05) is 32.1 Å². The van der Waals surface area contributed by atoms with E-state index >= 15 is 0 Å². The smallest absolute Gasteiger partial charge is 0.374 e. The molecule has 7 nitrogen and oxygen atoms in total. The van der Waals surface area contributed by atoms with Crippen LogP contribution in [-0.2, 0) is 26.6 Å². The summed E-state index contributed by atoms with van der Waals surface area (Å²) in [5.41, 5.74) is 0. The highest BCUT2D eigenvalue weighted by Gasteiger charge is 2.45. The zero-order valence-electron chi connectivity index (χ0n) is 21.1. The van der Waals surface area contributed by atoms with E-state index in [9.17, 15) is 0 Å². The lowest BCUT2D eigenvalue weighted by Gasteiger charge is -2.28. The molecular weight excluding hydrogens is 430 g/mol. The number of hydrogen-bond donors (Lipinski definition) is 1. The third kappa shape index (κ3) is 12.6. The van der Waals surface area contributed by atoms with Crippen LogP contribution in [0.25, 0.3) is 0 Å². The number of rotatable bonds is 23. The number of unbranched alkanes of at least 4 members (excludes halogenated alkanes) is 6. The maximum atomic E-state index is 8.49. The monoisotopic (exact) mass is 479 g/mol. The topological polar surface area (TPSA) is 79.2 Å². The van der Waals surface area contributed by atoms with Crippen molar-refractivity contribution in [2.45, 2.75) is 99.0 Å². The van der Waals surface area contributed by atoms with Gasteiger partial charge < -0.3 is 32.0 Å². The highest BCUT2D eigenvalue weighted by molar-refractivity contribution is 6.93. The molecule has 0 atom stereocenters. The van der Waals surface area contributed by atoms with Crippen LogP contribution in [0.5, 0.6) is 0 Å². The SMILES string of the molecule is CCO[Si](CCCCCCCCCC(=N)[Si](OCC)(OCC)OCC)(OCC)OCC. The van der Waals surface area contributed by atoms with Gasteiger partial charge in [-0.05, 0) is 60.8 Å². The van der Waals surface area contributed by atoms with Crippen molar-refractivity contribution in [2.24, 2.45) is 0 Å². The molecule has 0 saturated heterocycles. The molecular formula is C22H49NO6Si2. The minimum atomic E-state index is -2.97. The molecule has 0 aliphatic heterocycles. The molecule has 0 amide bonds. The quantitative estimate of drug-likeness (QED) is 0.114. The van der Waals surface area contributed by atoms with Gasteiger partial charge in [-0.25, -0.2) is 0 Å². The standard InChI is InChI=1S/C22H49NO6Si2/c1-7-24-30(25-8-2,26-9-3)21-19-17-15-13-14-16-18-20-22(23)31(27-10-4,28-11-5)29-12-6/h23H,7-21H2,1-6H3. The van der Waals surface area contributed by atoms with Crippen molar-refractivity contribution in [2.75, 3.05) is 39.6 Å². The molecule has 0 aliphatic rings. The van der Waals surface area contributed by atoms with Gasteiger partial charge in [0, 0.05) is 45.7 Å². The second kappa shape index (κ2) is 19.3. The molecule has 9 heteroatoms. The molecule has 0 bridgehead atoms. The third-order valence-electron chi connectivity index (χ3n) is 4.88. The first-order valence-corrected chi connectivity index (χ1v) is 16.1. The first kappa shape index (κ1) is 30.9. The van der Waals surface area contributed by atoms with Crippen LogP contribution in [0.4, 0.5) is 0 Å². The van der Waals surface area contributed by atoms with Gasteiger partial charge in [-0.3, -0.25) is 0 Å². The van der Waals surface area contributed by atoms with Gasteiger partial charge in [-0.2, -0.15) is 0 Å². The Balaban J connectivity index is 4.14. The summed E-state index contributed by atoms with van der Waals surface area (Å²) < 4.78 is 35.2. The van der Waals surface area contributed by atoms with E-state index in [0.29, 0.717) is 51.4 Å². The summed E-state index contributed by atoms with van der Waals surface area (Å²) in [6, 6.07) is 0.901. The number of hydrogen-bond acceptors (Lipinski definition) is 7. The molecule has 186 valence electrons. The lowest BCUT2D eigenvalue weighted by molar-refractivity contribution is 0.0706. The Morgan fingerprint density at radius 3 is 1.26 bits per heavy atom.